The quantitative estimate of drug-likeness (QED) is 0.871. The molecule has 2 saturated heterocycles. The second-order valence-electron chi connectivity index (χ2n) is 7.75. The predicted molar refractivity (Wildman–Crippen MR) is 101 cm³/mol. The number of carbonyl (C=O) groups is 1. The summed E-state index contributed by atoms with van der Waals surface area (Å²) in [5.74, 6) is 1.75. The fourth-order valence-electron chi connectivity index (χ4n) is 4.30. The molecule has 2 aliphatic heterocycles. The molecule has 26 heavy (non-hydrogen) atoms. The van der Waals surface area contributed by atoms with Crippen LogP contribution in [0.25, 0.3) is 0 Å². The predicted octanol–water partition coefficient (Wildman–Crippen LogP) is 2.11. The molecule has 0 bridgehead atoms. The third-order valence-corrected chi connectivity index (χ3v) is 5.97. The van der Waals surface area contributed by atoms with Crippen LogP contribution in [0.3, 0.4) is 0 Å². The van der Waals surface area contributed by atoms with E-state index < -0.39 is 0 Å². The van der Waals surface area contributed by atoms with Gasteiger partial charge in [0.15, 0.2) is 0 Å². The van der Waals surface area contributed by atoms with Crippen molar-refractivity contribution in [3.05, 3.63) is 23.3 Å². The first kappa shape index (κ1) is 19.2. The number of hydrogen-bond acceptors (Lipinski definition) is 5. The molecular weight excluding hydrogens is 328 g/mol. The first-order chi connectivity index (χ1) is 12.6. The van der Waals surface area contributed by atoms with Crippen LogP contribution >= 0.6 is 0 Å². The van der Waals surface area contributed by atoms with E-state index in [2.05, 4.69) is 21.8 Å². The molecule has 144 valence electrons. The zero-order valence-electron chi connectivity index (χ0n) is 16.2. The van der Waals surface area contributed by atoms with Crippen molar-refractivity contribution in [3.8, 4) is 0 Å². The standard InChI is InChI=1S/C20H32N4O2/c1-3-23-9-6-16(7-10-23)11-19(26)24-8-4-5-17(13-24)20-18(14-25)12-21-15(2)22-20/h12,16-17,25H,3-11,13-14H2,1-2H3. The lowest BCUT2D eigenvalue weighted by molar-refractivity contribution is -0.133. The third kappa shape index (κ3) is 4.60. The number of nitrogens with zero attached hydrogens (tertiary/aromatic N) is 4. The molecule has 1 unspecified atom stereocenters. The average molecular weight is 361 g/mol. The van der Waals surface area contributed by atoms with Gasteiger partial charge in [0.05, 0.1) is 12.3 Å². The summed E-state index contributed by atoms with van der Waals surface area (Å²) >= 11 is 0. The van der Waals surface area contributed by atoms with Gasteiger partial charge >= 0.3 is 0 Å². The van der Waals surface area contributed by atoms with Crippen molar-refractivity contribution in [2.45, 2.75) is 58.5 Å². The van der Waals surface area contributed by atoms with E-state index in [0.717, 1.165) is 75.5 Å². The minimum atomic E-state index is -0.0456. The van der Waals surface area contributed by atoms with Crippen molar-refractivity contribution in [2.75, 3.05) is 32.7 Å². The maximum atomic E-state index is 12.8. The monoisotopic (exact) mass is 360 g/mol. The van der Waals surface area contributed by atoms with Gasteiger partial charge in [0, 0.05) is 37.2 Å². The van der Waals surface area contributed by atoms with Gasteiger partial charge in [0.1, 0.15) is 5.82 Å². The Hall–Kier alpha value is -1.53. The van der Waals surface area contributed by atoms with Crippen molar-refractivity contribution in [1.29, 1.82) is 0 Å². The fourth-order valence-corrected chi connectivity index (χ4v) is 4.30. The van der Waals surface area contributed by atoms with Crippen LogP contribution in [0.2, 0.25) is 0 Å². The molecule has 2 fully saturated rings. The lowest BCUT2D eigenvalue weighted by atomic mass is 9.90. The zero-order chi connectivity index (χ0) is 18.5. The summed E-state index contributed by atoms with van der Waals surface area (Å²) in [7, 11) is 0. The van der Waals surface area contributed by atoms with Crippen LogP contribution in [-0.2, 0) is 11.4 Å². The van der Waals surface area contributed by atoms with Crippen molar-refractivity contribution in [3.63, 3.8) is 0 Å². The Morgan fingerprint density at radius 3 is 2.73 bits per heavy atom. The molecule has 0 aromatic carbocycles. The van der Waals surface area contributed by atoms with Gasteiger partial charge in [0.2, 0.25) is 5.91 Å². The highest BCUT2D eigenvalue weighted by Crippen LogP contribution is 2.29. The van der Waals surface area contributed by atoms with Gasteiger partial charge in [-0.2, -0.15) is 0 Å². The van der Waals surface area contributed by atoms with Gasteiger partial charge in [-0.05, 0) is 58.2 Å². The molecule has 2 aliphatic rings. The van der Waals surface area contributed by atoms with E-state index in [9.17, 15) is 9.90 Å². The highest BCUT2D eigenvalue weighted by molar-refractivity contribution is 5.76. The lowest BCUT2D eigenvalue weighted by Crippen LogP contribution is -2.41. The molecule has 1 N–H and O–H groups in total. The summed E-state index contributed by atoms with van der Waals surface area (Å²) in [5.41, 5.74) is 1.72. The normalized spacial score (nSPS) is 22.6. The SMILES string of the molecule is CCN1CCC(CC(=O)N2CCCC(c3nc(C)ncc3CO)C2)CC1. The number of aryl methyl sites for hydroxylation is 1. The van der Waals surface area contributed by atoms with Gasteiger partial charge in [-0.15, -0.1) is 0 Å². The maximum Gasteiger partial charge on any atom is 0.222 e. The number of piperidine rings is 2. The molecule has 0 spiro atoms. The van der Waals surface area contributed by atoms with Crippen LogP contribution in [0.5, 0.6) is 0 Å². The maximum absolute atomic E-state index is 12.8. The number of aliphatic hydroxyl groups is 1. The minimum absolute atomic E-state index is 0.0456. The summed E-state index contributed by atoms with van der Waals surface area (Å²) in [6, 6.07) is 0. The summed E-state index contributed by atoms with van der Waals surface area (Å²) in [6.07, 6.45) is 6.69. The first-order valence-electron chi connectivity index (χ1n) is 10.0. The number of likely N-dealkylation sites (tertiary alicyclic amines) is 2. The molecule has 6 heteroatoms. The summed E-state index contributed by atoms with van der Waals surface area (Å²) in [6.45, 7) is 8.95. The van der Waals surface area contributed by atoms with E-state index >= 15 is 0 Å². The topological polar surface area (TPSA) is 69.6 Å². The van der Waals surface area contributed by atoms with Crippen LogP contribution in [0.4, 0.5) is 0 Å². The van der Waals surface area contributed by atoms with Gasteiger partial charge in [0.25, 0.3) is 0 Å². The van der Waals surface area contributed by atoms with Gasteiger partial charge in [-0.25, -0.2) is 9.97 Å². The Labute approximate surface area is 156 Å². The zero-order valence-corrected chi connectivity index (χ0v) is 16.2. The number of aromatic nitrogens is 2. The molecule has 6 nitrogen and oxygen atoms in total. The van der Waals surface area contributed by atoms with Crippen molar-refractivity contribution in [1.82, 2.24) is 19.8 Å². The second-order valence-corrected chi connectivity index (χ2v) is 7.75. The largest absolute Gasteiger partial charge is 0.392 e. The second kappa shape index (κ2) is 8.91. The number of rotatable bonds is 5. The molecule has 1 amide bonds. The van der Waals surface area contributed by atoms with Crippen LogP contribution in [0.15, 0.2) is 6.20 Å². The molecule has 3 heterocycles. The Bertz CT molecular complexity index is 614. The van der Waals surface area contributed by atoms with Gasteiger partial charge in [-0.3, -0.25) is 4.79 Å². The van der Waals surface area contributed by atoms with Crippen molar-refractivity contribution in [2.24, 2.45) is 5.92 Å². The van der Waals surface area contributed by atoms with Crippen LogP contribution in [0, 0.1) is 12.8 Å². The fraction of sp³-hybridized carbons (Fsp3) is 0.750. The lowest BCUT2D eigenvalue weighted by Gasteiger charge is -2.35. The Morgan fingerprint density at radius 1 is 1.27 bits per heavy atom. The van der Waals surface area contributed by atoms with Crippen molar-refractivity contribution < 1.29 is 9.90 Å². The van der Waals surface area contributed by atoms with E-state index in [4.69, 9.17) is 0 Å². The summed E-state index contributed by atoms with van der Waals surface area (Å²) in [5, 5.41) is 9.61. The van der Waals surface area contributed by atoms with Crippen LogP contribution in [0.1, 0.15) is 62.0 Å². The van der Waals surface area contributed by atoms with E-state index in [1.54, 1.807) is 6.20 Å². The van der Waals surface area contributed by atoms with Crippen LogP contribution < -0.4 is 0 Å². The smallest absolute Gasteiger partial charge is 0.222 e. The summed E-state index contributed by atoms with van der Waals surface area (Å²) < 4.78 is 0. The number of carbonyl (C=O) groups excluding carboxylic acids is 1. The molecule has 1 atom stereocenters. The average Bonchev–Trinajstić information content (AvgIpc) is 2.68. The molecule has 0 saturated carbocycles. The molecule has 3 rings (SSSR count). The van der Waals surface area contributed by atoms with Gasteiger partial charge < -0.3 is 14.9 Å². The van der Waals surface area contributed by atoms with Crippen LogP contribution in [-0.4, -0.2) is 63.5 Å². The molecule has 1 aromatic rings. The molecule has 1 aromatic heterocycles. The third-order valence-electron chi connectivity index (χ3n) is 5.97. The highest BCUT2D eigenvalue weighted by atomic mass is 16.3. The van der Waals surface area contributed by atoms with Crippen molar-refractivity contribution >= 4 is 5.91 Å². The highest BCUT2D eigenvalue weighted by Gasteiger charge is 2.29. The number of amides is 1. The Balaban J connectivity index is 1.60. The Kier molecular flexibility index (Phi) is 6.59. The van der Waals surface area contributed by atoms with E-state index in [-0.39, 0.29) is 12.5 Å². The summed E-state index contributed by atoms with van der Waals surface area (Å²) in [4.78, 5) is 26.1. The van der Waals surface area contributed by atoms with E-state index in [1.165, 1.54) is 0 Å². The number of aliphatic hydroxyl groups excluding tert-OH is 1. The first-order valence-corrected chi connectivity index (χ1v) is 10.0. The molecular formula is C20H32N4O2. The van der Waals surface area contributed by atoms with Gasteiger partial charge in [-0.1, -0.05) is 6.92 Å². The molecule has 0 radical (unpaired) electrons. The Morgan fingerprint density at radius 2 is 2.04 bits per heavy atom. The number of hydrogen-bond donors (Lipinski definition) is 1. The van der Waals surface area contributed by atoms with E-state index in [0.29, 0.717) is 18.2 Å². The minimum Gasteiger partial charge on any atom is -0.392 e. The molecule has 0 aliphatic carbocycles. The van der Waals surface area contributed by atoms with E-state index in [1.807, 2.05) is 11.8 Å².